The number of thiazole rings is 1. The van der Waals surface area contributed by atoms with Gasteiger partial charge in [0.1, 0.15) is 5.75 Å². The summed E-state index contributed by atoms with van der Waals surface area (Å²) in [6.45, 7) is 0.329. The van der Waals surface area contributed by atoms with E-state index in [1.165, 1.54) is 11.3 Å². The van der Waals surface area contributed by atoms with E-state index in [9.17, 15) is 9.59 Å². The molecule has 1 unspecified atom stereocenters. The first-order valence-electron chi connectivity index (χ1n) is 8.25. The van der Waals surface area contributed by atoms with Crippen LogP contribution in [0.2, 0.25) is 0 Å². The van der Waals surface area contributed by atoms with Gasteiger partial charge >= 0.3 is 0 Å². The van der Waals surface area contributed by atoms with E-state index in [1.54, 1.807) is 18.1 Å². The molecule has 0 spiro atoms. The molecule has 6 nitrogen and oxygen atoms in total. The number of hydrogen-bond acceptors (Lipinski definition) is 5. The van der Waals surface area contributed by atoms with E-state index in [0.29, 0.717) is 23.1 Å². The molecule has 2 amide bonds. The minimum atomic E-state index is -0.417. The number of hydrogen-bond donors (Lipinski definition) is 1. The standard InChI is InChI=1S/C19H17N3O3S/c1-25-15-8-4-3-7-14(15)22-11-12(10-17(22)23)18(24)21-19-20-13-6-2-5-9-16(13)26-19/h2-9,12H,10-11H2,1H3,(H,20,21,24). The van der Waals surface area contributed by atoms with E-state index < -0.39 is 5.92 Å². The summed E-state index contributed by atoms with van der Waals surface area (Å²) in [6.07, 6.45) is 0.175. The van der Waals surface area contributed by atoms with Gasteiger partial charge in [0.15, 0.2) is 5.13 Å². The molecule has 1 atom stereocenters. The third-order valence-corrected chi connectivity index (χ3v) is 5.35. The number of fused-ring (bicyclic) bond motifs is 1. The summed E-state index contributed by atoms with van der Waals surface area (Å²) in [5, 5.41) is 3.41. The van der Waals surface area contributed by atoms with Gasteiger partial charge in [0.05, 0.1) is 28.9 Å². The maximum absolute atomic E-state index is 12.6. The molecule has 1 aliphatic rings. The number of carbonyl (C=O) groups is 2. The topological polar surface area (TPSA) is 71.5 Å². The number of carbonyl (C=O) groups excluding carboxylic acids is 2. The van der Waals surface area contributed by atoms with Crippen molar-refractivity contribution in [1.29, 1.82) is 0 Å². The van der Waals surface area contributed by atoms with Crippen molar-refractivity contribution in [2.75, 3.05) is 23.9 Å². The number of para-hydroxylation sites is 3. The Bertz CT molecular complexity index is 952. The number of aromatic nitrogens is 1. The SMILES string of the molecule is COc1ccccc1N1CC(C(=O)Nc2nc3ccccc3s2)CC1=O. The van der Waals surface area contributed by atoms with Crippen LogP contribution in [0.25, 0.3) is 10.2 Å². The van der Waals surface area contributed by atoms with Crippen molar-refractivity contribution in [3.8, 4) is 5.75 Å². The Balaban J connectivity index is 1.50. The quantitative estimate of drug-likeness (QED) is 0.768. The first kappa shape index (κ1) is 16.5. The minimum Gasteiger partial charge on any atom is -0.495 e. The summed E-state index contributed by atoms with van der Waals surface area (Å²) < 4.78 is 6.34. The molecular formula is C19H17N3O3S. The van der Waals surface area contributed by atoms with E-state index in [-0.39, 0.29) is 18.2 Å². The summed E-state index contributed by atoms with van der Waals surface area (Å²) in [4.78, 5) is 31.1. The molecule has 1 fully saturated rings. The maximum Gasteiger partial charge on any atom is 0.231 e. The molecule has 0 radical (unpaired) electrons. The van der Waals surface area contributed by atoms with Crippen LogP contribution in [0.1, 0.15) is 6.42 Å². The lowest BCUT2D eigenvalue weighted by atomic mass is 10.1. The molecule has 1 saturated heterocycles. The van der Waals surface area contributed by atoms with Gasteiger partial charge in [-0.2, -0.15) is 0 Å². The molecule has 2 heterocycles. The zero-order valence-corrected chi connectivity index (χ0v) is 15.0. The van der Waals surface area contributed by atoms with E-state index in [4.69, 9.17) is 4.74 Å². The van der Waals surface area contributed by atoms with Gasteiger partial charge in [-0.15, -0.1) is 0 Å². The van der Waals surface area contributed by atoms with Crippen LogP contribution in [0.5, 0.6) is 5.75 Å². The molecule has 132 valence electrons. The highest BCUT2D eigenvalue weighted by Gasteiger charge is 2.36. The van der Waals surface area contributed by atoms with Gasteiger partial charge in [-0.3, -0.25) is 9.59 Å². The first-order chi connectivity index (χ1) is 12.7. The zero-order valence-electron chi connectivity index (χ0n) is 14.1. The van der Waals surface area contributed by atoms with Crippen LogP contribution in [-0.2, 0) is 9.59 Å². The molecule has 3 aromatic rings. The van der Waals surface area contributed by atoms with Crippen LogP contribution in [0.3, 0.4) is 0 Å². The molecule has 1 aliphatic heterocycles. The fourth-order valence-electron chi connectivity index (χ4n) is 3.10. The smallest absolute Gasteiger partial charge is 0.231 e. The van der Waals surface area contributed by atoms with Crippen molar-refractivity contribution >= 4 is 44.2 Å². The molecule has 0 bridgehead atoms. The highest BCUT2D eigenvalue weighted by atomic mass is 32.1. The lowest BCUT2D eigenvalue weighted by Gasteiger charge is -2.19. The lowest BCUT2D eigenvalue weighted by Crippen LogP contribution is -2.28. The van der Waals surface area contributed by atoms with Gasteiger partial charge in [0.2, 0.25) is 11.8 Å². The van der Waals surface area contributed by atoms with Crippen LogP contribution >= 0.6 is 11.3 Å². The summed E-state index contributed by atoms with van der Waals surface area (Å²) in [5.74, 6) is -0.0683. The summed E-state index contributed by atoms with van der Waals surface area (Å²) >= 11 is 1.43. The number of nitrogens with zero attached hydrogens (tertiary/aromatic N) is 2. The molecule has 2 aromatic carbocycles. The second kappa shape index (κ2) is 6.76. The molecule has 26 heavy (non-hydrogen) atoms. The average Bonchev–Trinajstić information content (AvgIpc) is 3.24. The number of amides is 2. The molecule has 7 heteroatoms. The molecule has 1 N–H and O–H groups in total. The van der Waals surface area contributed by atoms with E-state index in [2.05, 4.69) is 10.3 Å². The summed E-state index contributed by atoms with van der Waals surface area (Å²) in [5.41, 5.74) is 1.54. The first-order valence-corrected chi connectivity index (χ1v) is 9.07. The van der Waals surface area contributed by atoms with Crippen molar-refractivity contribution in [3.63, 3.8) is 0 Å². The van der Waals surface area contributed by atoms with Crippen LogP contribution < -0.4 is 15.0 Å². The van der Waals surface area contributed by atoms with Crippen molar-refractivity contribution in [2.45, 2.75) is 6.42 Å². The monoisotopic (exact) mass is 367 g/mol. The number of methoxy groups -OCH3 is 1. The van der Waals surface area contributed by atoms with Crippen molar-refractivity contribution in [1.82, 2.24) is 4.98 Å². The highest BCUT2D eigenvalue weighted by molar-refractivity contribution is 7.22. The number of nitrogens with one attached hydrogen (secondary N) is 1. The Morgan fingerprint density at radius 3 is 2.81 bits per heavy atom. The maximum atomic E-state index is 12.6. The highest BCUT2D eigenvalue weighted by Crippen LogP contribution is 2.33. The van der Waals surface area contributed by atoms with Gasteiger partial charge in [-0.1, -0.05) is 35.6 Å². The molecule has 0 aliphatic carbocycles. The third kappa shape index (κ3) is 3.01. The van der Waals surface area contributed by atoms with Gasteiger partial charge in [0.25, 0.3) is 0 Å². The molecule has 4 rings (SSSR count). The summed E-state index contributed by atoms with van der Waals surface area (Å²) in [7, 11) is 1.57. The number of ether oxygens (including phenoxy) is 1. The Labute approximate surface area is 154 Å². The number of benzene rings is 2. The van der Waals surface area contributed by atoms with Gasteiger partial charge in [-0.25, -0.2) is 4.98 Å². The van der Waals surface area contributed by atoms with Crippen LogP contribution in [-0.4, -0.2) is 30.5 Å². The molecular weight excluding hydrogens is 350 g/mol. The molecule has 0 saturated carbocycles. The largest absolute Gasteiger partial charge is 0.495 e. The molecule has 1 aromatic heterocycles. The third-order valence-electron chi connectivity index (χ3n) is 4.40. The van der Waals surface area contributed by atoms with Crippen LogP contribution in [0, 0.1) is 5.92 Å². The van der Waals surface area contributed by atoms with Crippen LogP contribution in [0.4, 0.5) is 10.8 Å². The predicted octanol–water partition coefficient (Wildman–Crippen LogP) is 3.30. The fraction of sp³-hybridized carbons (Fsp3) is 0.211. The van der Waals surface area contributed by atoms with E-state index >= 15 is 0 Å². The van der Waals surface area contributed by atoms with Gasteiger partial charge in [-0.05, 0) is 24.3 Å². The predicted molar refractivity (Wildman–Crippen MR) is 102 cm³/mol. The van der Waals surface area contributed by atoms with Gasteiger partial charge in [0, 0.05) is 13.0 Å². The van der Waals surface area contributed by atoms with E-state index in [1.807, 2.05) is 42.5 Å². The van der Waals surface area contributed by atoms with Crippen molar-refractivity contribution in [2.24, 2.45) is 5.92 Å². The zero-order chi connectivity index (χ0) is 18.1. The van der Waals surface area contributed by atoms with E-state index in [0.717, 1.165) is 10.2 Å². The number of rotatable bonds is 4. The van der Waals surface area contributed by atoms with Crippen LogP contribution in [0.15, 0.2) is 48.5 Å². The Hall–Kier alpha value is -2.93. The average molecular weight is 367 g/mol. The van der Waals surface area contributed by atoms with Crippen molar-refractivity contribution < 1.29 is 14.3 Å². The minimum absolute atomic E-state index is 0.0843. The summed E-state index contributed by atoms with van der Waals surface area (Å²) in [6, 6.07) is 15.0. The van der Waals surface area contributed by atoms with Gasteiger partial charge < -0.3 is 15.0 Å². The normalized spacial score (nSPS) is 16.9. The Morgan fingerprint density at radius 1 is 1.23 bits per heavy atom. The second-order valence-electron chi connectivity index (χ2n) is 6.05. The Morgan fingerprint density at radius 2 is 2.00 bits per heavy atom. The lowest BCUT2D eigenvalue weighted by molar-refractivity contribution is -0.122. The van der Waals surface area contributed by atoms with Crippen molar-refractivity contribution in [3.05, 3.63) is 48.5 Å². The second-order valence-corrected chi connectivity index (χ2v) is 7.08. The Kier molecular flexibility index (Phi) is 4.30. The number of anilines is 2. The fourth-order valence-corrected chi connectivity index (χ4v) is 3.97.